The highest BCUT2D eigenvalue weighted by Crippen LogP contribution is 2.33. The van der Waals surface area contributed by atoms with Gasteiger partial charge in [-0.05, 0) is 56.2 Å². The van der Waals surface area contributed by atoms with Crippen molar-refractivity contribution in [3.05, 3.63) is 59.8 Å². The van der Waals surface area contributed by atoms with Gasteiger partial charge >= 0.3 is 6.36 Å². The second-order valence-electron chi connectivity index (χ2n) is 7.98. The maximum absolute atomic E-state index is 12.7. The number of carbonyl (C=O) groups is 1. The summed E-state index contributed by atoms with van der Waals surface area (Å²) in [6.07, 6.45) is -2.01. The summed E-state index contributed by atoms with van der Waals surface area (Å²) >= 11 is 0. The Kier molecular flexibility index (Phi) is 6.09. The zero-order chi connectivity index (χ0) is 23.6. The molecule has 170 valence electrons. The van der Waals surface area contributed by atoms with Crippen LogP contribution in [0.1, 0.15) is 24.0 Å². The van der Waals surface area contributed by atoms with E-state index >= 15 is 0 Å². The summed E-state index contributed by atoms with van der Waals surface area (Å²) < 4.78 is 40.7. The van der Waals surface area contributed by atoms with Gasteiger partial charge in [-0.2, -0.15) is 5.26 Å². The van der Waals surface area contributed by atoms with Crippen molar-refractivity contribution in [1.82, 2.24) is 4.98 Å². The lowest BCUT2D eigenvalue weighted by Crippen LogP contribution is -2.38. The molecule has 0 bridgehead atoms. The number of alkyl halides is 3. The molecular weight excluding hydrogens is 433 g/mol. The van der Waals surface area contributed by atoms with Gasteiger partial charge in [-0.25, -0.2) is 0 Å². The van der Waals surface area contributed by atoms with E-state index in [9.17, 15) is 23.2 Å². The number of nitrogens with one attached hydrogen (secondary N) is 1. The molecule has 0 atom stereocenters. The van der Waals surface area contributed by atoms with Crippen LogP contribution in [0, 0.1) is 24.2 Å². The predicted octanol–water partition coefficient (Wildman–Crippen LogP) is 5.17. The molecule has 1 N–H and O–H groups in total. The topological polar surface area (TPSA) is 78.2 Å². The summed E-state index contributed by atoms with van der Waals surface area (Å²) in [4.78, 5) is 19.2. The lowest BCUT2D eigenvalue weighted by molar-refractivity contribution is -0.274. The number of ether oxygens (including phenoxy) is 1. The zero-order valence-electron chi connectivity index (χ0n) is 17.8. The molecule has 0 unspecified atom stereocenters. The Balaban J connectivity index is 1.43. The monoisotopic (exact) mass is 454 g/mol. The van der Waals surface area contributed by atoms with Gasteiger partial charge in [0.15, 0.2) is 0 Å². The molecule has 1 aliphatic rings. The second kappa shape index (κ2) is 8.98. The fourth-order valence-corrected chi connectivity index (χ4v) is 4.06. The van der Waals surface area contributed by atoms with E-state index in [-0.39, 0.29) is 17.6 Å². The van der Waals surface area contributed by atoms with Crippen molar-refractivity contribution in [2.75, 3.05) is 23.3 Å². The fourth-order valence-electron chi connectivity index (χ4n) is 4.06. The summed E-state index contributed by atoms with van der Waals surface area (Å²) in [6, 6.07) is 13.2. The molecule has 0 spiro atoms. The van der Waals surface area contributed by atoms with Gasteiger partial charge in [0.05, 0.1) is 16.8 Å². The summed E-state index contributed by atoms with van der Waals surface area (Å²) in [5.41, 5.74) is 3.62. The summed E-state index contributed by atoms with van der Waals surface area (Å²) in [5, 5.41) is 13.3. The first-order chi connectivity index (χ1) is 15.7. The van der Waals surface area contributed by atoms with E-state index in [2.05, 4.69) is 26.0 Å². The molecule has 9 heteroatoms. The van der Waals surface area contributed by atoms with Gasteiger partial charge in [-0.1, -0.05) is 11.6 Å². The number of nitriles is 1. The van der Waals surface area contributed by atoms with Crippen molar-refractivity contribution in [2.45, 2.75) is 26.1 Å². The van der Waals surface area contributed by atoms with E-state index in [0.717, 1.165) is 34.3 Å². The number of fused-ring (bicyclic) bond motifs is 1. The highest BCUT2D eigenvalue weighted by molar-refractivity contribution is 5.96. The summed E-state index contributed by atoms with van der Waals surface area (Å²) in [7, 11) is 0. The van der Waals surface area contributed by atoms with Gasteiger partial charge in [0.2, 0.25) is 5.91 Å². The van der Waals surface area contributed by atoms with Crippen LogP contribution in [0.2, 0.25) is 0 Å². The van der Waals surface area contributed by atoms with E-state index in [1.807, 2.05) is 25.1 Å². The average Bonchev–Trinajstić information content (AvgIpc) is 2.78. The Morgan fingerprint density at radius 3 is 2.52 bits per heavy atom. The van der Waals surface area contributed by atoms with E-state index in [4.69, 9.17) is 0 Å². The first-order valence-corrected chi connectivity index (χ1v) is 10.4. The highest BCUT2D eigenvalue weighted by atomic mass is 19.4. The van der Waals surface area contributed by atoms with Gasteiger partial charge in [0.25, 0.3) is 0 Å². The molecule has 1 fully saturated rings. The summed E-state index contributed by atoms with van der Waals surface area (Å²) in [5.74, 6) is -0.773. The van der Waals surface area contributed by atoms with Crippen LogP contribution >= 0.6 is 0 Å². The number of nitrogens with zero attached hydrogens (tertiary/aromatic N) is 3. The minimum atomic E-state index is -4.76. The first kappa shape index (κ1) is 22.4. The van der Waals surface area contributed by atoms with Crippen LogP contribution < -0.4 is 15.0 Å². The number of aromatic nitrogens is 1. The largest absolute Gasteiger partial charge is 0.573 e. The normalized spacial score (nSPS) is 14.7. The number of hydrogen-bond donors (Lipinski definition) is 1. The van der Waals surface area contributed by atoms with Crippen molar-refractivity contribution in [2.24, 2.45) is 5.92 Å². The molecule has 33 heavy (non-hydrogen) atoms. The Morgan fingerprint density at radius 2 is 1.88 bits per heavy atom. The Labute approximate surface area is 188 Å². The van der Waals surface area contributed by atoms with Crippen molar-refractivity contribution in [1.29, 1.82) is 5.26 Å². The molecule has 1 saturated heterocycles. The summed E-state index contributed by atoms with van der Waals surface area (Å²) in [6.45, 7) is 3.18. The standard InChI is InChI=1S/C24H21F3N4O2/c1-15-2-7-21-20(12-15)22(17(13-28)14-29-21)31-10-8-16(9-11-31)23(32)30-18-3-5-19(6-4-18)33-24(25,26)27/h2-7,12,14,16H,8-11H2,1H3,(H,30,32). The van der Waals surface area contributed by atoms with Crippen LogP contribution in [-0.2, 0) is 4.79 Å². The number of anilines is 2. The molecule has 0 aliphatic carbocycles. The van der Waals surface area contributed by atoms with Crippen LogP contribution in [0.25, 0.3) is 10.9 Å². The van der Waals surface area contributed by atoms with E-state index in [1.54, 1.807) is 6.20 Å². The molecular formula is C24H21F3N4O2. The van der Waals surface area contributed by atoms with Crippen LogP contribution in [0.4, 0.5) is 24.5 Å². The number of rotatable bonds is 4. The number of benzene rings is 2. The quantitative estimate of drug-likeness (QED) is 0.589. The third-order valence-corrected chi connectivity index (χ3v) is 5.65. The van der Waals surface area contributed by atoms with Gasteiger partial charge in [-0.3, -0.25) is 9.78 Å². The molecule has 3 aromatic rings. The minimum absolute atomic E-state index is 0.185. The highest BCUT2D eigenvalue weighted by Gasteiger charge is 2.31. The van der Waals surface area contributed by atoms with Crippen molar-refractivity contribution >= 4 is 28.2 Å². The minimum Gasteiger partial charge on any atom is -0.406 e. The third-order valence-electron chi connectivity index (χ3n) is 5.65. The smallest absolute Gasteiger partial charge is 0.406 e. The molecule has 0 radical (unpaired) electrons. The number of pyridine rings is 1. The number of carbonyl (C=O) groups excluding carboxylic acids is 1. The molecule has 4 rings (SSSR count). The van der Waals surface area contributed by atoms with E-state index in [0.29, 0.717) is 37.2 Å². The molecule has 0 saturated carbocycles. The molecule has 1 aliphatic heterocycles. The van der Waals surface area contributed by atoms with Gasteiger partial charge in [-0.15, -0.1) is 13.2 Å². The molecule has 2 aromatic carbocycles. The van der Waals surface area contributed by atoms with Gasteiger partial charge < -0.3 is 15.0 Å². The van der Waals surface area contributed by atoms with Crippen molar-refractivity contribution in [3.8, 4) is 11.8 Å². The second-order valence-corrected chi connectivity index (χ2v) is 7.98. The third kappa shape index (κ3) is 5.17. The molecule has 1 amide bonds. The lowest BCUT2D eigenvalue weighted by atomic mass is 9.94. The molecule has 6 nitrogen and oxygen atoms in total. The average molecular weight is 454 g/mol. The van der Waals surface area contributed by atoms with Gasteiger partial charge in [0, 0.05) is 36.3 Å². The Bertz CT molecular complexity index is 1210. The van der Waals surface area contributed by atoms with Crippen LogP contribution in [0.15, 0.2) is 48.7 Å². The van der Waals surface area contributed by atoms with Crippen LogP contribution in [0.5, 0.6) is 5.75 Å². The number of aryl methyl sites for hydroxylation is 1. The molecule has 1 aromatic heterocycles. The molecule has 2 heterocycles. The van der Waals surface area contributed by atoms with Crippen LogP contribution in [0.3, 0.4) is 0 Å². The maximum Gasteiger partial charge on any atom is 0.573 e. The van der Waals surface area contributed by atoms with Crippen molar-refractivity contribution in [3.63, 3.8) is 0 Å². The van der Waals surface area contributed by atoms with Gasteiger partial charge in [0.1, 0.15) is 11.8 Å². The number of piperidine rings is 1. The zero-order valence-corrected chi connectivity index (χ0v) is 17.8. The number of halogens is 3. The van der Waals surface area contributed by atoms with E-state index in [1.165, 1.54) is 12.1 Å². The first-order valence-electron chi connectivity index (χ1n) is 10.4. The SMILES string of the molecule is Cc1ccc2ncc(C#N)c(N3CCC(C(=O)Nc4ccc(OC(F)(F)F)cc4)CC3)c2c1. The Hall–Kier alpha value is -3.80. The van der Waals surface area contributed by atoms with Crippen molar-refractivity contribution < 1.29 is 22.7 Å². The predicted molar refractivity (Wildman–Crippen MR) is 118 cm³/mol. The number of amides is 1. The maximum atomic E-state index is 12.7. The number of hydrogen-bond acceptors (Lipinski definition) is 5. The Morgan fingerprint density at radius 1 is 1.18 bits per heavy atom. The van der Waals surface area contributed by atoms with Crippen LogP contribution in [-0.4, -0.2) is 30.3 Å². The fraction of sp³-hybridized carbons (Fsp3) is 0.292. The lowest BCUT2D eigenvalue weighted by Gasteiger charge is -2.34. The van der Waals surface area contributed by atoms with E-state index < -0.39 is 6.36 Å².